The lowest BCUT2D eigenvalue weighted by atomic mass is 9.95. The first-order valence-corrected chi connectivity index (χ1v) is 6.28. The molecule has 1 amide bonds. The zero-order valence-corrected chi connectivity index (χ0v) is 11.4. The molecule has 5 nitrogen and oxygen atoms in total. The smallest absolute Gasteiger partial charge is 0.227 e. The van der Waals surface area contributed by atoms with Crippen molar-refractivity contribution in [1.82, 2.24) is 9.78 Å². The van der Waals surface area contributed by atoms with Gasteiger partial charge in [0, 0.05) is 18.7 Å². The van der Waals surface area contributed by atoms with Crippen LogP contribution in [0, 0.1) is 11.8 Å². The van der Waals surface area contributed by atoms with Crippen molar-refractivity contribution in [2.45, 2.75) is 32.7 Å². The fourth-order valence-corrected chi connectivity index (χ4v) is 2.50. The summed E-state index contributed by atoms with van der Waals surface area (Å²) >= 11 is 0. The molecular formula is C12H21ClN4O. The molecule has 6 heteroatoms. The second kappa shape index (κ2) is 6.75. The molecule has 3 N–H and O–H groups in total. The van der Waals surface area contributed by atoms with Gasteiger partial charge in [0.05, 0.1) is 11.9 Å². The van der Waals surface area contributed by atoms with Gasteiger partial charge in [0.25, 0.3) is 0 Å². The molecule has 0 aromatic carbocycles. The summed E-state index contributed by atoms with van der Waals surface area (Å²) in [5.41, 5.74) is 6.46. The number of carbonyl (C=O) groups is 1. The molecule has 1 heterocycles. The summed E-state index contributed by atoms with van der Waals surface area (Å²) in [7, 11) is 0. The van der Waals surface area contributed by atoms with Gasteiger partial charge >= 0.3 is 0 Å². The van der Waals surface area contributed by atoms with Crippen molar-refractivity contribution in [3.8, 4) is 0 Å². The highest BCUT2D eigenvalue weighted by Gasteiger charge is 2.31. The normalized spacial score (nSPS) is 22.6. The minimum absolute atomic E-state index is 0. The molecule has 0 aliphatic heterocycles. The lowest BCUT2D eigenvalue weighted by Crippen LogP contribution is -2.29. The lowest BCUT2D eigenvalue weighted by molar-refractivity contribution is -0.120. The number of hydrogen-bond donors (Lipinski definition) is 2. The van der Waals surface area contributed by atoms with Gasteiger partial charge in [0.15, 0.2) is 0 Å². The average molecular weight is 273 g/mol. The fourth-order valence-electron chi connectivity index (χ4n) is 2.50. The van der Waals surface area contributed by atoms with Gasteiger partial charge in [-0.15, -0.1) is 12.4 Å². The summed E-state index contributed by atoms with van der Waals surface area (Å²) in [4.78, 5) is 12.1. The lowest BCUT2D eigenvalue weighted by Gasteiger charge is -2.16. The van der Waals surface area contributed by atoms with Gasteiger partial charge in [-0.05, 0) is 32.2 Å². The molecule has 0 unspecified atom stereocenters. The fraction of sp³-hybridized carbons (Fsp3) is 0.667. The Balaban J connectivity index is 0.00000162. The van der Waals surface area contributed by atoms with Gasteiger partial charge in [0.2, 0.25) is 5.91 Å². The highest BCUT2D eigenvalue weighted by Crippen LogP contribution is 2.31. The first kappa shape index (κ1) is 15.0. The third-order valence-corrected chi connectivity index (χ3v) is 3.52. The van der Waals surface area contributed by atoms with Gasteiger partial charge in [-0.1, -0.05) is 6.42 Å². The minimum atomic E-state index is 0. The maximum absolute atomic E-state index is 12.1. The van der Waals surface area contributed by atoms with E-state index in [0.29, 0.717) is 12.5 Å². The Morgan fingerprint density at radius 2 is 2.39 bits per heavy atom. The molecular weight excluding hydrogens is 252 g/mol. The molecule has 1 fully saturated rings. The van der Waals surface area contributed by atoms with Crippen molar-refractivity contribution in [2.24, 2.45) is 17.6 Å². The second-order valence-electron chi connectivity index (χ2n) is 4.61. The van der Waals surface area contributed by atoms with Crippen molar-refractivity contribution < 1.29 is 4.79 Å². The largest absolute Gasteiger partial charge is 0.330 e. The molecule has 2 rings (SSSR count). The van der Waals surface area contributed by atoms with Gasteiger partial charge in [-0.3, -0.25) is 9.48 Å². The van der Waals surface area contributed by atoms with Crippen molar-refractivity contribution in [2.75, 3.05) is 11.9 Å². The number of hydrogen-bond acceptors (Lipinski definition) is 3. The van der Waals surface area contributed by atoms with Crippen LogP contribution in [0.2, 0.25) is 0 Å². The van der Waals surface area contributed by atoms with Crippen LogP contribution in [0.3, 0.4) is 0 Å². The molecule has 0 radical (unpaired) electrons. The van der Waals surface area contributed by atoms with E-state index >= 15 is 0 Å². The molecule has 2 atom stereocenters. The summed E-state index contributed by atoms with van der Waals surface area (Å²) in [5, 5.41) is 7.06. The molecule has 0 spiro atoms. The van der Waals surface area contributed by atoms with Gasteiger partial charge in [-0.25, -0.2) is 0 Å². The quantitative estimate of drug-likeness (QED) is 0.875. The standard InChI is InChI=1S/C12H20N4O.ClH/c1-2-16-8-10(7-14-16)15-12(17)11-5-3-4-9(11)6-13;/h7-9,11H,2-6,13H2,1H3,(H,15,17);1H/t9-,11-;/m1./s1. The van der Waals surface area contributed by atoms with Crippen LogP contribution in [0.1, 0.15) is 26.2 Å². The molecule has 0 bridgehead atoms. The topological polar surface area (TPSA) is 72.9 Å². The molecule has 1 aromatic rings. The number of rotatable bonds is 4. The van der Waals surface area contributed by atoms with Crippen LogP contribution < -0.4 is 11.1 Å². The first-order valence-electron chi connectivity index (χ1n) is 6.28. The predicted molar refractivity (Wildman–Crippen MR) is 73.7 cm³/mol. The molecule has 1 aliphatic carbocycles. The number of carbonyl (C=O) groups excluding carboxylic acids is 1. The zero-order chi connectivity index (χ0) is 12.3. The molecule has 1 aromatic heterocycles. The summed E-state index contributed by atoms with van der Waals surface area (Å²) in [5.74, 6) is 0.509. The van der Waals surface area contributed by atoms with Crippen LogP contribution in [0.4, 0.5) is 5.69 Å². The Labute approximate surface area is 114 Å². The molecule has 1 saturated carbocycles. The second-order valence-corrected chi connectivity index (χ2v) is 4.61. The Morgan fingerprint density at radius 3 is 3.00 bits per heavy atom. The SMILES string of the molecule is CCn1cc(NC(=O)[C@@H]2CCC[C@@H]2CN)cn1.Cl. The maximum Gasteiger partial charge on any atom is 0.227 e. The Morgan fingerprint density at radius 1 is 1.61 bits per heavy atom. The average Bonchev–Trinajstić information content (AvgIpc) is 2.96. The van der Waals surface area contributed by atoms with E-state index < -0.39 is 0 Å². The minimum Gasteiger partial charge on any atom is -0.330 e. The number of anilines is 1. The van der Waals surface area contributed by atoms with Gasteiger partial charge in [-0.2, -0.15) is 5.10 Å². The van der Waals surface area contributed by atoms with Crippen molar-refractivity contribution in [1.29, 1.82) is 0 Å². The van der Waals surface area contributed by atoms with Crippen LogP contribution in [0.15, 0.2) is 12.4 Å². The highest BCUT2D eigenvalue weighted by atomic mass is 35.5. The Bertz CT molecular complexity index is 393. The first-order chi connectivity index (χ1) is 8.24. The van der Waals surface area contributed by atoms with Gasteiger partial charge < -0.3 is 11.1 Å². The van der Waals surface area contributed by atoms with Crippen LogP contribution in [-0.4, -0.2) is 22.2 Å². The van der Waals surface area contributed by atoms with Crippen molar-refractivity contribution >= 4 is 24.0 Å². The number of halogens is 1. The number of aromatic nitrogens is 2. The van der Waals surface area contributed by atoms with Crippen LogP contribution in [0.5, 0.6) is 0 Å². The van der Waals surface area contributed by atoms with Gasteiger partial charge in [0.1, 0.15) is 0 Å². The van der Waals surface area contributed by atoms with Crippen LogP contribution >= 0.6 is 12.4 Å². The van der Waals surface area contributed by atoms with Crippen LogP contribution in [-0.2, 0) is 11.3 Å². The summed E-state index contributed by atoms with van der Waals surface area (Å²) in [6.45, 7) is 3.43. The van der Waals surface area contributed by atoms with Crippen molar-refractivity contribution in [3.63, 3.8) is 0 Å². The summed E-state index contributed by atoms with van der Waals surface area (Å²) in [6.07, 6.45) is 6.67. The third kappa shape index (κ3) is 3.23. The predicted octanol–water partition coefficient (Wildman–Crippen LogP) is 1.64. The van der Waals surface area contributed by atoms with E-state index in [4.69, 9.17) is 5.73 Å². The van der Waals surface area contributed by atoms with E-state index in [1.165, 1.54) is 0 Å². The monoisotopic (exact) mass is 272 g/mol. The van der Waals surface area contributed by atoms with E-state index in [0.717, 1.165) is 31.5 Å². The third-order valence-electron chi connectivity index (χ3n) is 3.52. The van der Waals surface area contributed by atoms with E-state index in [2.05, 4.69) is 10.4 Å². The number of nitrogens with two attached hydrogens (primary N) is 1. The highest BCUT2D eigenvalue weighted by molar-refractivity contribution is 5.92. The number of nitrogens with zero attached hydrogens (tertiary/aromatic N) is 2. The molecule has 18 heavy (non-hydrogen) atoms. The molecule has 0 saturated heterocycles. The van der Waals surface area contributed by atoms with E-state index in [1.54, 1.807) is 10.9 Å². The van der Waals surface area contributed by atoms with Crippen LogP contribution in [0.25, 0.3) is 0 Å². The summed E-state index contributed by atoms with van der Waals surface area (Å²) < 4.78 is 1.80. The number of aryl methyl sites for hydroxylation is 1. The maximum atomic E-state index is 12.1. The number of nitrogens with one attached hydrogen (secondary N) is 1. The van der Waals surface area contributed by atoms with E-state index in [9.17, 15) is 4.79 Å². The van der Waals surface area contributed by atoms with E-state index in [1.807, 2.05) is 13.1 Å². The summed E-state index contributed by atoms with van der Waals surface area (Å²) in [6, 6.07) is 0. The Hall–Kier alpha value is -1.07. The van der Waals surface area contributed by atoms with E-state index in [-0.39, 0.29) is 24.2 Å². The number of amides is 1. The molecule has 102 valence electrons. The zero-order valence-electron chi connectivity index (χ0n) is 10.6. The Kier molecular flexibility index (Phi) is 5.62. The molecule has 1 aliphatic rings. The van der Waals surface area contributed by atoms with Crippen molar-refractivity contribution in [3.05, 3.63) is 12.4 Å².